The molecular weight excluding hydrogens is 612 g/mol. The zero-order valence-electron chi connectivity index (χ0n) is 26.9. The lowest BCUT2D eigenvalue weighted by Gasteiger charge is -2.31. The summed E-state index contributed by atoms with van der Waals surface area (Å²) < 4.78 is 13.3. The number of carbonyl (C=O) groups is 1. The van der Waals surface area contributed by atoms with Gasteiger partial charge in [-0.05, 0) is 87.1 Å². The molecule has 2 aliphatic rings. The molecule has 0 saturated carbocycles. The second-order valence-corrected chi connectivity index (χ2v) is 12.9. The first-order valence-corrected chi connectivity index (χ1v) is 15.7. The molecule has 9 nitrogen and oxygen atoms in total. The van der Waals surface area contributed by atoms with Crippen molar-refractivity contribution >= 4 is 5.78 Å². The van der Waals surface area contributed by atoms with Crippen molar-refractivity contribution in [1.29, 1.82) is 0 Å². The average Bonchev–Trinajstić information content (AvgIpc) is 3.41. The molecule has 0 saturated heterocycles. The number of hydrogen-bond donors (Lipinski definition) is 6. The van der Waals surface area contributed by atoms with E-state index in [9.17, 15) is 35.4 Å². The van der Waals surface area contributed by atoms with E-state index in [-0.39, 0.29) is 58.1 Å². The van der Waals surface area contributed by atoms with Crippen molar-refractivity contribution in [2.75, 3.05) is 0 Å². The molecule has 0 amide bonds. The first-order chi connectivity index (χ1) is 22.8. The highest BCUT2D eigenvalue weighted by Gasteiger charge is 2.46. The summed E-state index contributed by atoms with van der Waals surface area (Å²) >= 11 is 0. The highest BCUT2D eigenvalue weighted by Crippen LogP contribution is 2.60. The van der Waals surface area contributed by atoms with E-state index >= 15 is 0 Å². The SMILES string of the molecule is C=C(C)[C@H](CC=C(C)C)Cc1c2c(c(O)c3c1O[C@@H](c1ccc(O)cc1)[C@H]3c1cc(O)cc(O)c1)C(=O)C[C@H](c1ccc(O)cc1O)O2. The van der Waals surface area contributed by atoms with Crippen LogP contribution < -0.4 is 9.47 Å². The largest absolute Gasteiger partial charge is 0.508 e. The molecule has 0 spiro atoms. The maximum atomic E-state index is 14.0. The molecule has 4 aromatic carbocycles. The summed E-state index contributed by atoms with van der Waals surface area (Å²) in [5.41, 5.74) is 4.20. The van der Waals surface area contributed by atoms with Crippen molar-refractivity contribution < 1.29 is 44.9 Å². The molecule has 2 heterocycles. The van der Waals surface area contributed by atoms with Gasteiger partial charge in [0.2, 0.25) is 0 Å². The minimum atomic E-state index is -0.920. The molecular formula is C39H38O9. The number of phenols is 6. The van der Waals surface area contributed by atoms with Gasteiger partial charge in [0.05, 0.1) is 12.3 Å². The second-order valence-electron chi connectivity index (χ2n) is 12.9. The number of hydrogen-bond acceptors (Lipinski definition) is 9. The third-order valence-corrected chi connectivity index (χ3v) is 9.10. The highest BCUT2D eigenvalue weighted by atomic mass is 16.5. The van der Waals surface area contributed by atoms with Gasteiger partial charge in [-0.25, -0.2) is 0 Å². The molecule has 4 atom stereocenters. The van der Waals surface area contributed by atoms with E-state index in [0.717, 1.165) is 11.1 Å². The molecule has 48 heavy (non-hydrogen) atoms. The Labute approximate surface area is 278 Å². The molecule has 6 rings (SSSR count). The van der Waals surface area contributed by atoms with E-state index in [1.807, 2.05) is 20.8 Å². The highest BCUT2D eigenvalue weighted by molar-refractivity contribution is 6.04. The number of rotatable bonds is 8. The molecule has 248 valence electrons. The predicted octanol–water partition coefficient (Wildman–Crippen LogP) is 7.98. The molecule has 6 N–H and O–H groups in total. The minimum absolute atomic E-state index is 0.0229. The summed E-state index contributed by atoms with van der Waals surface area (Å²) in [5, 5.41) is 63.6. The Hall–Kier alpha value is -5.57. The number of ketones is 1. The number of allylic oxidation sites excluding steroid dienone is 3. The fourth-order valence-electron chi connectivity index (χ4n) is 6.69. The number of ether oxygens (including phenoxy) is 2. The van der Waals surface area contributed by atoms with Crippen molar-refractivity contribution in [3.05, 3.63) is 118 Å². The summed E-state index contributed by atoms with van der Waals surface area (Å²) in [4.78, 5) is 14.0. The van der Waals surface area contributed by atoms with Crippen molar-refractivity contribution in [3.8, 4) is 46.0 Å². The normalized spacial score (nSPS) is 18.6. The van der Waals surface area contributed by atoms with Gasteiger partial charge in [0.15, 0.2) is 5.78 Å². The van der Waals surface area contributed by atoms with Gasteiger partial charge in [-0.2, -0.15) is 0 Å². The lowest BCUT2D eigenvalue weighted by molar-refractivity contribution is 0.0838. The van der Waals surface area contributed by atoms with Gasteiger partial charge in [0, 0.05) is 28.8 Å². The van der Waals surface area contributed by atoms with Crippen molar-refractivity contribution in [1.82, 2.24) is 0 Å². The van der Waals surface area contributed by atoms with Crippen LogP contribution in [0.25, 0.3) is 0 Å². The Bertz CT molecular complexity index is 1930. The topological polar surface area (TPSA) is 157 Å². The molecule has 0 unspecified atom stereocenters. The first kappa shape index (κ1) is 32.4. The number of phenolic OH excluding ortho intramolecular Hbond substituents is 6. The van der Waals surface area contributed by atoms with Crippen LogP contribution >= 0.6 is 0 Å². The Kier molecular flexibility index (Phi) is 8.47. The lowest BCUT2D eigenvalue weighted by atomic mass is 9.80. The third-order valence-electron chi connectivity index (χ3n) is 9.10. The standard InChI is InChI=1S/C39H38O9/c1-19(2)5-6-22(20(3)4)15-29-38-34(31(45)18-32(47-38)28-12-11-25(41)17-30(28)44)36(46)35-33(23-13-26(42)16-27(43)14-23)37(48-39(29)35)21-7-9-24(40)10-8-21/h5,7-14,16-17,22,32-33,37,40-44,46H,3,6,15,18H2,1-2,4H3/t22-,32-,33+,37+/m1/s1. The summed E-state index contributed by atoms with van der Waals surface area (Å²) in [6.07, 6.45) is 1.15. The Balaban J connectivity index is 1.61. The summed E-state index contributed by atoms with van der Waals surface area (Å²) in [7, 11) is 0. The monoisotopic (exact) mass is 650 g/mol. The van der Waals surface area contributed by atoms with Crippen LogP contribution in [-0.2, 0) is 6.42 Å². The van der Waals surface area contributed by atoms with Crippen LogP contribution in [0.4, 0.5) is 0 Å². The van der Waals surface area contributed by atoms with Crippen molar-refractivity contribution in [2.24, 2.45) is 5.92 Å². The number of benzene rings is 4. The Morgan fingerprint density at radius 2 is 1.50 bits per heavy atom. The van der Waals surface area contributed by atoms with Crippen molar-refractivity contribution in [2.45, 2.75) is 58.2 Å². The fourth-order valence-corrected chi connectivity index (χ4v) is 6.69. The van der Waals surface area contributed by atoms with Gasteiger partial charge < -0.3 is 40.1 Å². The quantitative estimate of drug-likeness (QED) is 0.104. The average molecular weight is 651 g/mol. The molecule has 0 aliphatic carbocycles. The molecule has 0 fully saturated rings. The van der Waals surface area contributed by atoms with Crippen LogP contribution in [0.3, 0.4) is 0 Å². The van der Waals surface area contributed by atoms with E-state index in [2.05, 4.69) is 12.7 Å². The van der Waals surface area contributed by atoms with Gasteiger partial charge in [-0.1, -0.05) is 35.9 Å². The van der Waals surface area contributed by atoms with E-state index in [0.29, 0.717) is 46.4 Å². The van der Waals surface area contributed by atoms with Crippen LogP contribution in [0.5, 0.6) is 46.0 Å². The second kappa shape index (κ2) is 12.6. The van der Waals surface area contributed by atoms with Crippen LogP contribution in [-0.4, -0.2) is 36.4 Å². The maximum Gasteiger partial charge on any atom is 0.174 e. The van der Waals surface area contributed by atoms with Crippen molar-refractivity contribution in [3.63, 3.8) is 0 Å². The van der Waals surface area contributed by atoms with Crippen LogP contribution in [0, 0.1) is 5.92 Å². The summed E-state index contributed by atoms with van der Waals surface area (Å²) in [6, 6.07) is 14.6. The molecule has 0 aromatic heterocycles. The zero-order valence-corrected chi connectivity index (χ0v) is 26.9. The molecule has 2 aliphatic heterocycles. The number of fused-ring (bicyclic) bond motifs is 2. The van der Waals surface area contributed by atoms with E-state index in [1.165, 1.54) is 48.5 Å². The first-order valence-electron chi connectivity index (χ1n) is 15.7. The summed E-state index contributed by atoms with van der Waals surface area (Å²) in [5.74, 6) is -1.96. The van der Waals surface area contributed by atoms with Gasteiger partial charge in [-0.15, -0.1) is 0 Å². The van der Waals surface area contributed by atoms with Crippen LogP contribution in [0.2, 0.25) is 0 Å². The lowest BCUT2D eigenvalue weighted by Crippen LogP contribution is -2.23. The van der Waals surface area contributed by atoms with E-state index < -0.39 is 23.9 Å². The Morgan fingerprint density at radius 3 is 2.12 bits per heavy atom. The van der Waals surface area contributed by atoms with Gasteiger partial charge in [0.1, 0.15) is 63.8 Å². The molecule has 0 radical (unpaired) electrons. The smallest absolute Gasteiger partial charge is 0.174 e. The fraction of sp³-hybridized carbons (Fsp3) is 0.256. The molecule has 9 heteroatoms. The van der Waals surface area contributed by atoms with E-state index in [4.69, 9.17) is 9.47 Å². The third kappa shape index (κ3) is 5.99. The summed E-state index contributed by atoms with van der Waals surface area (Å²) in [6.45, 7) is 10.2. The number of aromatic hydroxyl groups is 6. The van der Waals surface area contributed by atoms with Crippen LogP contribution in [0.15, 0.2) is 84.5 Å². The zero-order chi connectivity index (χ0) is 34.4. The van der Waals surface area contributed by atoms with Gasteiger partial charge in [0.25, 0.3) is 0 Å². The Morgan fingerprint density at radius 1 is 0.833 bits per heavy atom. The van der Waals surface area contributed by atoms with Gasteiger partial charge in [-0.3, -0.25) is 4.79 Å². The maximum absolute atomic E-state index is 14.0. The van der Waals surface area contributed by atoms with E-state index in [1.54, 1.807) is 12.1 Å². The van der Waals surface area contributed by atoms with Crippen LogP contribution in [0.1, 0.15) is 89.9 Å². The number of Topliss-reactive ketones (excluding diaryl/α,β-unsaturated/α-hetero) is 1. The number of carbonyl (C=O) groups excluding carboxylic acids is 1. The molecule has 4 aromatic rings. The molecule has 0 bridgehead atoms. The minimum Gasteiger partial charge on any atom is -0.508 e. The van der Waals surface area contributed by atoms with Gasteiger partial charge >= 0.3 is 0 Å². The predicted molar refractivity (Wildman–Crippen MR) is 179 cm³/mol.